The zero-order chi connectivity index (χ0) is 54.8. The van der Waals surface area contributed by atoms with Gasteiger partial charge in [0.1, 0.15) is 6.61 Å². The van der Waals surface area contributed by atoms with Crippen LogP contribution in [0.3, 0.4) is 0 Å². The molecule has 1 unspecified atom stereocenters. The number of carbonyl (C=O) groups excluding carboxylic acids is 2. The topological polar surface area (TPSA) is 72.8 Å². The van der Waals surface area contributed by atoms with Gasteiger partial charge in [0, 0.05) is 12.8 Å². The van der Waals surface area contributed by atoms with Crippen molar-refractivity contribution in [2.45, 2.75) is 405 Å². The average molecular weight is 1070 g/mol. The van der Waals surface area contributed by atoms with Crippen LogP contribution in [0.2, 0.25) is 0 Å². The summed E-state index contributed by atoms with van der Waals surface area (Å²) in [5.74, 6) is -0.563. The van der Waals surface area contributed by atoms with E-state index >= 15 is 0 Å². The van der Waals surface area contributed by atoms with E-state index in [0.717, 1.165) is 38.5 Å². The second kappa shape index (κ2) is 67.7. The first kappa shape index (κ1) is 74.4. The highest BCUT2D eigenvalue weighted by Gasteiger charge is 2.16. The van der Waals surface area contributed by atoms with E-state index in [1.807, 2.05) is 0 Å². The minimum atomic E-state index is -0.768. The molecule has 0 aromatic carbocycles. The molecule has 1 atom stereocenters. The molecule has 0 aliphatic heterocycles. The maximum atomic E-state index is 12.4. The summed E-state index contributed by atoms with van der Waals surface area (Å²) in [6, 6.07) is 0. The first-order chi connectivity index (χ1) is 37.6. The molecule has 0 amide bonds. The Kier molecular flexibility index (Phi) is 66.2. The Balaban J connectivity index is 3.37. The van der Waals surface area contributed by atoms with Gasteiger partial charge in [-0.05, 0) is 44.9 Å². The van der Waals surface area contributed by atoms with Gasteiger partial charge in [-0.2, -0.15) is 0 Å². The van der Waals surface area contributed by atoms with Crippen LogP contribution < -0.4 is 0 Å². The number of carbonyl (C=O) groups is 2. The minimum Gasteiger partial charge on any atom is -0.462 e. The van der Waals surface area contributed by atoms with E-state index in [-0.39, 0.29) is 25.2 Å². The molecule has 0 bridgehead atoms. The van der Waals surface area contributed by atoms with E-state index in [2.05, 4.69) is 38.2 Å². The number of hydrogen-bond donors (Lipinski definition) is 1. The number of hydrogen-bond acceptors (Lipinski definition) is 5. The van der Waals surface area contributed by atoms with Crippen molar-refractivity contribution in [1.29, 1.82) is 0 Å². The van der Waals surface area contributed by atoms with Gasteiger partial charge in [-0.1, -0.05) is 366 Å². The molecule has 0 saturated carbocycles. The van der Waals surface area contributed by atoms with Crippen molar-refractivity contribution in [3.63, 3.8) is 0 Å². The van der Waals surface area contributed by atoms with Crippen LogP contribution in [-0.4, -0.2) is 36.4 Å². The van der Waals surface area contributed by atoms with E-state index in [0.29, 0.717) is 12.8 Å². The zero-order valence-electron chi connectivity index (χ0n) is 51.8. The molecule has 450 valence electrons. The summed E-state index contributed by atoms with van der Waals surface area (Å²) in [5.41, 5.74) is 0. The number of ether oxygens (including phenoxy) is 2. The molecule has 5 nitrogen and oxygen atoms in total. The summed E-state index contributed by atoms with van der Waals surface area (Å²) in [4.78, 5) is 24.6. The molecule has 0 aromatic heterocycles. The lowest BCUT2D eigenvalue weighted by Crippen LogP contribution is -2.28. The van der Waals surface area contributed by atoms with Gasteiger partial charge in [-0.15, -0.1) is 0 Å². The highest BCUT2D eigenvalue weighted by Crippen LogP contribution is 2.19. The molecule has 0 heterocycles. The van der Waals surface area contributed by atoms with Gasteiger partial charge >= 0.3 is 11.9 Å². The monoisotopic (exact) mass is 1070 g/mol. The molecule has 0 aliphatic rings. The fourth-order valence-electron chi connectivity index (χ4n) is 11.0. The van der Waals surface area contributed by atoms with Gasteiger partial charge in [0.15, 0.2) is 6.10 Å². The summed E-state index contributed by atoms with van der Waals surface area (Å²) in [7, 11) is 0. The van der Waals surface area contributed by atoms with Gasteiger partial charge in [0.05, 0.1) is 6.61 Å². The Morgan fingerprint density at radius 2 is 0.526 bits per heavy atom. The summed E-state index contributed by atoms with van der Waals surface area (Å²) in [5, 5.41) is 9.70. The summed E-state index contributed by atoms with van der Waals surface area (Å²) in [6.07, 6.45) is 87.9. The van der Waals surface area contributed by atoms with E-state index in [1.54, 1.807) is 0 Å². The molecule has 0 aliphatic carbocycles. The molecule has 0 rings (SSSR count). The lowest BCUT2D eigenvalue weighted by atomic mass is 10.0. The van der Waals surface area contributed by atoms with Crippen LogP contribution in [-0.2, 0) is 19.1 Å². The molecule has 1 N–H and O–H groups in total. The highest BCUT2D eigenvalue weighted by molar-refractivity contribution is 5.70. The number of aliphatic hydroxyl groups is 1. The van der Waals surface area contributed by atoms with Gasteiger partial charge in [0.2, 0.25) is 0 Å². The van der Waals surface area contributed by atoms with Crippen LogP contribution >= 0.6 is 0 Å². The van der Waals surface area contributed by atoms with Crippen molar-refractivity contribution in [1.82, 2.24) is 0 Å². The number of unbranched alkanes of at least 4 members (excludes halogenated alkanes) is 54. The second-order valence-electron chi connectivity index (χ2n) is 24.0. The van der Waals surface area contributed by atoms with Gasteiger partial charge in [-0.3, -0.25) is 9.59 Å². The zero-order valence-corrected chi connectivity index (χ0v) is 51.8. The maximum absolute atomic E-state index is 12.4. The molecule has 0 aromatic rings. The van der Waals surface area contributed by atoms with Gasteiger partial charge < -0.3 is 14.6 Å². The van der Waals surface area contributed by atoms with Crippen molar-refractivity contribution in [3.05, 3.63) is 24.3 Å². The fourth-order valence-corrected chi connectivity index (χ4v) is 11.0. The van der Waals surface area contributed by atoms with E-state index < -0.39 is 6.10 Å². The lowest BCUT2D eigenvalue weighted by molar-refractivity contribution is -0.161. The van der Waals surface area contributed by atoms with E-state index in [1.165, 1.54) is 334 Å². The molecular weight excluding hydrogens is 933 g/mol. The maximum Gasteiger partial charge on any atom is 0.306 e. The van der Waals surface area contributed by atoms with Gasteiger partial charge in [0.25, 0.3) is 0 Å². The molecule has 0 spiro atoms. The number of rotatable bonds is 66. The van der Waals surface area contributed by atoms with Crippen LogP contribution in [0, 0.1) is 0 Å². The van der Waals surface area contributed by atoms with Crippen LogP contribution in [0.4, 0.5) is 0 Å². The molecule has 5 heteroatoms. The average Bonchev–Trinajstić information content (AvgIpc) is 3.42. The Morgan fingerprint density at radius 3 is 0.776 bits per heavy atom. The third kappa shape index (κ3) is 64.9. The normalized spacial score (nSPS) is 12.2. The molecule has 0 radical (unpaired) electrons. The van der Waals surface area contributed by atoms with E-state index in [9.17, 15) is 14.7 Å². The predicted octanol–water partition coefficient (Wildman–Crippen LogP) is 24.0. The molecule has 0 saturated heterocycles. The van der Waals surface area contributed by atoms with Crippen molar-refractivity contribution >= 4 is 11.9 Å². The Bertz CT molecular complexity index is 1160. The van der Waals surface area contributed by atoms with Crippen LogP contribution in [0.15, 0.2) is 24.3 Å². The third-order valence-corrected chi connectivity index (χ3v) is 16.2. The molecule has 76 heavy (non-hydrogen) atoms. The van der Waals surface area contributed by atoms with Crippen LogP contribution in [0.25, 0.3) is 0 Å². The van der Waals surface area contributed by atoms with Crippen LogP contribution in [0.5, 0.6) is 0 Å². The van der Waals surface area contributed by atoms with Crippen LogP contribution in [0.1, 0.15) is 399 Å². The molecule has 0 fully saturated rings. The summed E-state index contributed by atoms with van der Waals surface area (Å²) in [6.45, 7) is 4.20. The smallest absolute Gasteiger partial charge is 0.306 e. The van der Waals surface area contributed by atoms with Gasteiger partial charge in [-0.25, -0.2) is 0 Å². The number of allylic oxidation sites excluding steroid dienone is 4. The Morgan fingerprint density at radius 1 is 0.303 bits per heavy atom. The minimum absolute atomic E-state index is 0.0578. The summed E-state index contributed by atoms with van der Waals surface area (Å²) < 4.78 is 10.8. The Hall–Kier alpha value is -1.62. The molecular formula is C71H136O5. The van der Waals surface area contributed by atoms with Crippen molar-refractivity contribution in [3.8, 4) is 0 Å². The SMILES string of the molecule is CCCCCCC/C=C\C/C=C\CCCCCCCCCCCCCCCCCCCCCC(=O)OC(CO)COC(=O)CCCCCCCCCCCCCCCCCCCCCCCCCCCCCCCCC. The quantitative estimate of drug-likeness (QED) is 0.0373. The second-order valence-corrected chi connectivity index (χ2v) is 24.0. The first-order valence-corrected chi connectivity index (χ1v) is 34.9. The fraction of sp³-hybridized carbons (Fsp3) is 0.915. The van der Waals surface area contributed by atoms with Crippen molar-refractivity contribution < 1.29 is 24.2 Å². The third-order valence-electron chi connectivity index (χ3n) is 16.2. The van der Waals surface area contributed by atoms with Crippen molar-refractivity contribution in [2.24, 2.45) is 0 Å². The van der Waals surface area contributed by atoms with Crippen molar-refractivity contribution in [2.75, 3.05) is 13.2 Å². The number of aliphatic hydroxyl groups excluding tert-OH is 1. The summed E-state index contributed by atoms with van der Waals surface area (Å²) >= 11 is 0. The predicted molar refractivity (Wildman–Crippen MR) is 335 cm³/mol. The first-order valence-electron chi connectivity index (χ1n) is 34.9. The highest BCUT2D eigenvalue weighted by atomic mass is 16.6. The largest absolute Gasteiger partial charge is 0.462 e. The standard InChI is InChI=1S/C71H136O5/c1-3-5-7-9-11-13-15-17-19-21-23-25-27-29-31-33-35-37-39-41-43-45-47-49-51-53-55-57-59-61-63-65-70(73)75-68-69(67-72)76-71(74)66-64-62-60-58-56-54-52-50-48-46-44-42-40-38-36-34-32-30-28-26-24-22-20-18-16-14-12-10-8-6-4-2/h16,18,22,24,69,72H,3-15,17,19-21,23,25-68H2,1-2H3/b18-16-,24-22-. The lowest BCUT2D eigenvalue weighted by Gasteiger charge is -2.15. The number of esters is 2. The Labute approximate surface area is 476 Å². The van der Waals surface area contributed by atoms with E-state index in [4.69, 9.17) is 9.47 Å².